The van der Waals surface area contributed by atoms with Crippen LogP contribution < -0.4 is 10.2 Å². The van der Waals surface area contributed by atoms with Gasteiger partial charge in [-0.15, -0.1) is 0 Å². The Morgan fingerprint density at radius 3 is 2.85 bits per heavy atom. The van der Waals surface area contributed by atoms with Crippen molar-refractivity contribution >= 4 is 11.4 Å². The van der Waals surface area contributed by atoms with E-state index in [-0.39, 0.29) is 0 Å². The lowest BCUT2D eigenvalue weighted by Crippen LogP contribution is -2.36. The summed E-state index contributed by atoms with van der Waals surface area (Å²) in [5.41, 5.74) is 4.72. The normalized spacial score (nSPS) is 15.3. The smallest absolute Gasteiger partial charge is 0.0642 e. The molecule has 1 aliphatic rings. The highest BCUT2D eigenvalue weighted by Gasteiger charge is 2.14. The van der Waals surface area contributed by atoms with E-state index >= 15 is 0 Å². The number of hydrogen-bond acceptors (Lipinski definition) is 4. The predicted molar refractivity (Wildman–Crippen MR) is 80.1 cm³/mol. The van der Waals surface area contributed by atoms with E-state index in [0.717, 1.165) is 44.2 Å². The van der Waals surface area contributed by atoms with Gasteiger partial charge in [0, 0.05) is 30.9 Å². The third-order valence-corrected chi connectivity index (χ3v) is 3.66. The van der Waals surface area contributed by atoms with Crippen LogP contribution in [0.5, 0.6) is 0 Å². The monoisotopic (exact) mass is 272 g/mol. The SMILES string of the molecule is Cc1[nH]ncc1CNc1ccccc1N1CCOCC1. The van der Waals surface area contributed by atoms with Crippen molar-refractivity contribution < 1.29 is 4.74 Å². The van der Waals surface area contributed by atoms with E-state index in [2.05, 4.69) is 44.7 Å². The van der Waals surface area contributed by atoms with Crippen LogP contribution in [0, 0.1) is 6.92 Å². The molecule has 5 nitrogen and oxygen atoms in total. The van der Waals surface area contributed by atoms with Crippen LogP contribution in [0.1, 0.15) is 11.3 Å². The molecule has 0 radical (unpaired) electrons. The molecule has 0 unspecified atom stereocenters. The van der Waals surface area contributed by atoms with Crippen LogP contribution in [-0.2, 0) is 11.3 Å². The summed E-state index contributed by atoms with van der Waals surface area (Å²) in [4.78, 5) is 2.37. The van der Waals surface area contributed by atoms with Gasteiger partial charge in [0.05, 0.1) is 30.8 Å². The fourth-order valence-electron chi connectivity index (χ4n) is 2.45. The van der Waals surface area contributed by atoms with E-state index in [0.29, 0.717) is 0 Å². The summed E-state index contributed by atoms with van der Waals surface area (Å²) in [6, 6.07) is 8.43. The number of hydrogen-bond donors (Lipinski definition) is 2. The largest absolute Gasteiger partial charge is 0.379 e. The Bertz CT molecular complexity index is 561. The molecule has 1 saturated heterocycles. The molecule has 2 heterocycles. The van der Waals surface area contributed by atoms with Gasteiger partial charge in [-0.3, -0.25) is 5.10 Å². The van der Waals surface area contributed by atoms with Gasteiger partial charge in [-0.25, -0.2) is 0 Å². The standard InChI is InChI=1S/C15H20N4O/c1-12-13(11-17-18-12)10-16-14-4-2-3-5-15(14)19-6-8-20-9-7-19/h2-5,11,16H,6-10H2,1H3,(H,17,18). The summed E-state index contributed by atoms with van der Waals surface area (Å²) in [5, 5.41) is 10.5. The number of aromatic amines is 1. The Labute approximate surface area is 118 Å². The van der Waals surface area contributed by atoms with Crippen LogP contribution in [-0.4, -0.2) is 36.5 Å². The zero-order valence-electron chi connectivity index (χ0n) is 11.7. The molecule has 1 aliphatic heterocycles. The van der Waals surface area contributed by atoms with Gasteiger partial charge in [-0.2, -0.15) is 5.10 Å². The number of nitrogens with one attached hydrogen (secondary N) is 2. The summed E-state index contributed by atoms with van der Waals surface area (Å²) in [5.74, 6) is 0. The van der Waals surface area contributed by atoms with E-state index in [1.165, 1.54) is 11.3 Å². The summed E-state index contributed by atoms with van der Waals surface area (Å²) < 4.78 is 5.42. The Morgan fingerprint density at radius 2 is 2.10 bits per heavy atom. The molecule has 0 bridgehead atoms. The number of morpholine rings is 1. The molecule has 106 valence electrons. The van der Waals surface area contributed by atoms with Crippen LogP contribution in [0.15, 0.2) is 30.5 Å². The Morgan fingerprint density at radius 1 is 1.30 bits per heavy atom. The van der Waals surface area contributed by atoms with Crippen LogP contribution in [0.25, 0.3) is 0 Å². The van der Waals surface area contributed by atoms with Crippen LogP contribution in [0.2, 0.25) is 0 Å². The number of anilines is 2. The maximum absolute atomic E-state index is 5.42. The summed E-state index contributed by atoms with van der Waals surface area (Å²) in [6.45, 7) is 6.32. The number of nitrogens with zero attached hydrogens (tertiary/aromatic N) is 2. The maximum Gasteiger partial charge on any atom is 0.0642 e. The Kier molecular flexibility index (Phi) is 3.87. The van der Waals surface area contributed by atoms with Crippen molar-refractivity contribution in [2.24, 2.45) is 0 Å². The highest BCUT2D eigenvalue weighted by molar-refractivity contribution is 5.70. The zero-order chi connectivity index (χ0) is 13.8. The second kappa shape index (κ2) is 5.96. The van der Waals surface area contributed by atoms with Gasteiger partial charge in [0.1, 0.15) is 0 Å². The van der Waals surface area contributed by atoms with E-state index in [1.807, 2.05) is 13.1 Å². The lowest BCUT2D eigenvalue weighted by molar-refractivity contribution is 0.123. The lowest BCUT2D eigenvalue weighted by atomic mass is 10.2. The molecular weight excluding hydrogens is 252 g/mol. The molecule has 2 N–H and O–H groups in total. The van der Waals surface area contributed by atoms with E-state index in [9.17, 15) is 0 Å². The average Bonchev–Trinajstić information content (AvgIpc) is 2.92. The number of rotatable bonds is 4. The van der Waals surface area contributed by atoms with E-state index < -0.39 is 0 Å². The molecule has 3 rings (SSSR count). The van der Waals surface area contributed by atoms with Crippen LogP contribution >= 0.6 is 0 Å². The van der Waals surface area contributed by atoms with Crippen molar-refractivity contribution in [3.05, 3.63) is 41.7 Å². The molecule has 20 heavy (non-hydrogen) atoms. The van der Waals surface area contributed by atoms with Crippen molar-refractivity contribution in [3.63, 3.8) is 0 Å². The molecule has 0 atom stereocenters. The quantitative estimate of drug-likeness (QED) is 0.895. The number of aryl methyl sites for hydroxylation is 1. The van der Waals surface area contributed by atoms with Crippen LogP contribution in [0.3, 0.4) is 0 Å². The summed E-state index contributed by atoms with van der Waals surface area (Å²) in [6.07, 6.45) is 1.87. The first-order valence-corrected chi connectivity index (χ1v) is 6.99. The van der Waals surface area contributed by atoms with Gasteiger partial charge in [0.15, 0.2) is 0 Å². The number of H-pyrrole nitrogens is 1. The zero-order valence-corrected chi connectivity index (χ0v) is 11.7. The highest BCUT2D eigenvalue weighted by atomic mass is 16.5. The Balaban J connectivity index is 1.74. The van der Waals surface area contributed by atoms with Crippen molar-refractivity contribution in [2.75, 3.05) is 36.5 Å². The van der Waals surface area contributed by atoms with Gasteiger partial charge in [-0.05, 0) is 19.1 Å². The fourth-order valence-corrected chi connectivity index (χ4v) is 2.45. The Hall–Kier alpha value is -2.01. The third kappa shape index (κ3) is 2.77. The minimum Gasteiger partial charge on any atom is -0.379 e. The van der Waals surface area contributed by atoms with Gasteiger partial charge in [0.25, 0.3) is 0 Å². The predicted octanol–water partition coefficient (Wildman–Crippen LogP) is 2.17. The lowest BCUT2D eigenvalue weighted by Gasteiger charge is -2.30. The van der Waals surface area contributed by atoms with Gasteiger partial charge < -0.3 is 15.0 Å². The minimum absolute atomic E-state index is 0.781. The van der Waals surface area contributed by atoms with Gasteiger partial charge >= 0.3 is 0 Å². The first kappa shape index (κ1) is 13.0. The van der Waals surface area contributed by atoms with Crippen molar-refractivity contribution in [2.45, 2.75) is 13.5 Å². The molecule has 0 spiro atoms. The topological polar surface area (TPSA) is 53.2 Å². The molecule has 1 fully saturated rings. The van der Waals surface area contributed by atoms with E-state index in [4.69, 9.17) is 4.74 Å². The molecule has 0 amide bonds. The first-order valence-electron chi connectivity index (χ1n) is 6.99. The number of aromatic nitrogens is 2. The van der Waals surface area contributed by atoms with Crippen LogP contribution in [0.4, 0.5) is 11.4 Å². The number of benzene rings is 1. The molecule has 2 aromatic rings. The van der Waals surface area contributed by atoms with Crippen molar-refractivity contribution in [3.8, 4) is 0 Å². The molecule has 1 aromatic heterocycles. The molecule has 0 aliphatic carbocycles. The second-order valence-corrected chi connectivity index (χ2v) is 4.99. The number of para-hydroxylation sites is 2. The van der Waals surface area contributed by atoms with Gasteiger partial charge in [0.2, 0.25) is 0 Å². The molecule has 0 saturated carbocycles. The first-order chi connectivity index (χ1) is 9.84. The van der Waals surface area contributed by atoms with E-state index in [1.54, 1.807) is 0 Å². The molecular formula is C15H20N4O. The van der Waals surface area contributed by atoms with Crippen molar-refractivity contribution in [1.82, 2.24) is 10.2 Å². The summed E-state index contributed by atoms with van der Waals surface area (Å²) >= 11 is 0. The average molecular weight is 272 g/mol. The van der Waals surface area contributed by atoms with Crippen molar-refractivity contribution in [1.29, 1.82) is 0 Å². The second-order valence-electron chi connectivity index (χ2n) is 4.99. The van der Waals surface area contributed by atoms with Gasteiger partial charge in [-0.1, -0.05) is 12.1 Å². The highest BCUT2D eigenvalue weighted by Crippen LogP contribution is 2.26. The summed E-state index contributed by atoms with van der Waals surface area (Å²) in [7, 11) is 0. The third-order valence-electron chi connectivity index (χ3n) is 3.66. The molecule has 5 heteroatoms. The minimum atomic E-state index is 0.781. The number of ether oxygens (including phenoxy) is 1. The fraction of sp³-hybridized carbons (Fsp3) is 0.400. The maximum atomic E-state index is 5.42. The molecule has 1 aromatic carbocycles.